The monoisotopic (exact) mass is 493 g/mol. The van der Waals surface area contributed by atoms with Crippen LogP contribution in [0.15, 0.2) is 60.8 Å². The summed E-state index contributed by atoms with van der Waals surface area (Å²) in [6, 6.07) is 22.6. The fourth-order valence-corrected chi connectivity index (χ4v) is 2.76. The minimum absolute atomic E-state index is 0. The van der Waals surface area contributed by atoms with Gasteiger partial charge in [0, 0.05) is 26.3 Å². The van der Waals surface area contributed by atoms with Crippen molar-refractivity contribution in [1.82, 2.24) is 4.98 Å². The SMILES string of the molecule is CCCCc1cccc(-c2cc[c-]c(-c3cc(C)ccn3)c2)c1.[Ir]. The summed E-state index contributed by atoms with van der Waals surface area (Å²) in [6.07, 6.45) is 5.48. The minimum Gasteiger partial charge on any atom is -0.305 e. The standard InChI is InChI=1S/C22H22N.Ir/c1-3-4-7-18-8-5-9-19(15-18)20-10-6-11-21(16-20)22-14-17(2)12-13-23-22;/h5-6,8-10,12-16H,3-4,7H2,1-2H3;/q-1;. The first-order valence-corrected chi connectivity index (χ1v) is 8.30. The maximum Gasteiger partial charge on any atom is 0.0163 e. The van der Waals surface area contributed by atoms with Gasteiger partial charge in [0.15, 0.2) is 0 Å². The Morgan fingerprint density at radius 2 is 1.83 bits per heavy atom. The van der Waals surface area contributed by atoms with Crippen molar-refractivity contribution in [3.8, 4) is 22.4 Å². The van der Waals surface area contributed by atoms with Crippen LogP contribution in [-0.2, 0) is 26.5 Å². The van der Waals surface area contributed by atoms with Gasteiger partial charge in [0.1, 0.15) is 0 Å². The van der Waals surface area contributed by atoms with Crippen molar-refractivity contribution in [2.24, 2.45) is 0 Å². The second-order valence-electron chi connectivity index (χ2n) is 6.01. The van der Waals surface area contributed by atoms with Gasteiger partial charge in [0.25, 0.3) is 0 Å². The van der Waals surface area contributed by atoms with Crippen LogP contribution in [0, 0.1) is 13.0 Å². The Balaban J connectivity index is 0.00000208. The first-order valence-electron chi connectivity index (χ1n) is 8.30. The molecule has 1 radical (unpaired) electrons. The van der Waals surface area contributed by atoms with Crippen LogP contribution in [0.5, 0.6) is 0 Å². The van der Waals surface area contributed by atoms with Gasteiger partial charge in [0.05, 0.1) is 0 Å². The predicted molar refractivity (Wildman–Crippen MR) is 97.3 cm³/mol. The third-order valence-corrected chi connectivity index (χ3v) is 4.07. The topological polar surface area (TPSA) is 12.9 Å². The third-order valence-electron chi connectivity index (χ3n) is 4.07. The average Bonchev–Trinajstić information content (AvgIpc) is 2.60. The molecule has 125 valence electrons. The second kappa shape index (κ2) is 8.92. The summed E-state index contributed by atoms with van der Waals surface area (Å²) in [6.45, 7) is 4.32. The Kier molecular flexibility index (Phi) is 6.90. The molecule has 0 unspecified atom stereocenters. The largest absolute Gasteiger partial charge is 0.305 e. The molecule has 1 aromatic heterocycles. The van der Waals surface area contributed by atoms with Crippen LogP contribution in [0.2, 0.25) is 0 Å². The zero-order chi connectivity index (χ0) is 16.1. The molecule has 1 nitrogen and oxygen atoms in total. The molecule has 3 aromatic rings. The summed E-state index contributed by atoms with van der Waals surface area (Å²) in [5, 5.41) is 0. The van der Waals surface area contributed by atoms with Crippen LogP contribution in [-0.4, -0.2) is 4.98 Å². The van der Waals surface area contributed by atoms with E-state index in [0.29, 0.717) is 0 Å². The molecular formula is C22H22IrN-. The molecule has 0 fully saturated rings. The Morgan fingerprint density at radius 3 is 2.62 bits per heavy atom. The van der Waals surface area contributed by atoms with Gasteiger partial charge in [-0.2, -0.15) is 0 Å². The molecule has 0 aliphatic carbocycles. The quantitative estimate of drug-likeness (QED) is 0.406. The molecular weight excluding hydrogens is 470 g/mol. The smallest absolute Gasteiger partial charge is 0.0163 e. The first kappa shape index (κ1) is 18.6. The molecule has 2 aromatic carbocycles. The van der Waals surface area contributed by atoms with Gasteiger partial charge in [-0.25, -0.2) is 0 Å². The molecule has 3 rings (SSSR count). The van der Waals surface area contributed by atoms with E-state index in [4.69, 9.17) is 0 Å². The summed E-state index contributed by atoms with van der Waals surface area (Å²) in [7, 11) is 0. The number of aromatic nitrogens is 1. The van der Waals surface area contributed by atoms with Crippen molar-refractivity contribution < 1.29 is 20.1 Å². The number of benzene rings is 2. The summed E-state index contributed by atoms with van der Waals surface area (Å²) in [5.74, 6) is 0. The van der Waals surface area contributed by atoms with E-state index >= 15 is 0 Å². The Morgan fingerprint density at radius 1 is 1.00 bits per heavy atom. The van der Waals surface area contributed by atoms with E-state index in [1.54, 1.807) is 0 Å². The second-order valence-corrected chi connectivity index (χ2v) is 6.01. The summed E-state index contributed by atoms with van der Waals surface area (Å²) in [4.78, 5) is 4.47. The number of unbranched alkanes of at least 4 members (excludes halogenated alkanes) is 1. The summed E-state index contributed by atoms with van der Waals surface area (Å²) < 4.78 is 0. The van der Waals surface area contributed by atoms with Gasteiger partial charge >= 0.3 is 0 Å². The van der Waals surface area contributed by atoms with Crippen LogP contribution < -0.4 is 0 Å². The summed E-state index contributed by atoms with van der Waals surface area (Å²) in [5.41, 5.74) is 7.14. The molecule has 24 heavy (non-hydrogen) atoms. The Bertz CT molecular complexity index is 795. The van der Waals surface area contributed by atoms with Crippen molar-refractivity contribution >= 4 is 0 Å². The van der Waals surface area contributed by atoms with Gasteiger partial charge in [0.2, 0.25) is 0 Å². The number of pyridine rings is 1. The number of rotatable bonds is 5. The molecule has 1 heterocycles. The van der Waals surface area contributed by atoms with E-state index in [2.05, 4.69) is 67.4 Å². The molecule has 0 saturated carbocycles. The Labute approximate surface area is 158 Å². The fourth-order valence-electron chi connectivity index (χ4n) is 2.76. The van der Waals surface area contributed by atoms with Crippen molar-refractivity contribution in [3.05, 3.63) is 78.0 Å². The van der Waals surface area contributed by atoms with E-state index < -0.39 is 0 Å². The van der Waals surface area contributed by atoms with Crippen molar-refractivity contribution in [3.63, 3.8) is 0 Å². The molecule has 0 atom stereocenters. The van der Waals surface area contributed by atoms with Crippen molar-refractivity contribution in [2.75, 3.05) is 0 Å². The molecule has 0 saturated heterocycles. The molecule has 2 heteroatoms. The van der Waals surface area contributed by atoms with Crippen molar-refractivity contribution in [2.45, 2.75) is 33.1 Å². The van der Waals surface area contributed by atoms with Crippen LogP contribution in [0.3, 0.4) is 0 Å². The molecule has 0 bridgehead atoms. The van der Waals surface area contributed by atoms with Gasteiger partial charge in [-0.05, 0) is 42.7 Å². The number of nitrogens with zero attached hydrogens (tertiary/aromatic N) is 1. The van der Waals surface area contributed by atoms with E-state index in [1.807, 2.05) is 18.3 Å². The Hall–Kier alpha value is -1.76. The molecule has 0 spiro atoms. The van der Waals surface area contributed by atoms with Crippen molar-refractivity contribution in [1.29, 1.82) is 0 Å². The fraction of sp³-hybridized carbons (Fsp3) is 0.227. The number of hydrogen-bond acceptors (Lipinski definition) is 1. The van der Waals surface area contributed by atoms with Gasteiger partial charge in [-0.1, -0.05) is 49.2 Å². The van der Waals surface area contributed by atoms with E-state index in [9.17, 15) is 0 Å². The van der Waals surface area contributed by atoms with Crippen LogP contribution in [0.4, 0.5) is 0 Å². The molecule has 0 amide bonds. The van der Waals surface area contributed by atoms with E-state index in [1.165, 1.54) is 35.1 Å². The van der Waals surface area contributed by atoms with Gasteiger partial charge in [-0.15, -0.1) is 35.4 Å². The number of aryl methyl sites for hydroxylation is 2. The zero-order valence-corrected chi connectivity index (χ0v) is 16.6. The average molecular weight is 493 g/mol. The molecule has 0 aliphatic heterocycles. The van der Waals surface area contributed by atoms with Gasteiger partial charge < -0.3 is 4.98 Å². The van der Waals surface area contributed by atoms with E-state index in [0.717, 1.165) is 17.7 Å². The first-order chi connectivity index (χ1) is 11.3. The molecule has 0 aliphatic rings. The maximum atomic E-state index is 4.47. The number of hydrogen-bond donors (Lipinski definition) is 0. The maximum absolute atomic E-state index is 4.47. The minimum atomic E-state index is 0. The molecule has 0 N–H and O–H groups in total. The normalized spacial score (nSPS) is 10.2. The van der Waals surface area contributed by atoms with Gasteiger partial charge in [-0.3, -0.25) is 0 Å². The van der Waals surface area contributed by atoms with Crippen LogP contribution >= 0.6 is 0 Å². The predicted octanol–water partition coefficient (Wildman–Crippen LogP) is 5.86. The van der Waals surface area contributed by atoms with Crippen LogP contribution in [0.1, 0.15) is 30.9 Å². The van der Waals surface area contributed by atoms with E-state index in [-0.39, 0.29) is 20.1 Å². The summed E-state index contributed by atoms with van der Waals surface area (Å²) >= 11 is 0. The third kappa shape index (κ3) is 4.63. The van der Waals surface area contributed by atoms with Crippen LogP contribution in [0.25, 0.3) is 22.4 Å². The zero-order valence-electron chi connectivity index (χ0n) is 14.2.